The van der Waals surface area contributed by atoms with Crippen molar-refractivity contribution in [3.05, 3.63) is 40.9 Å². The van der Waals surface area contributed by atoms with Crippen molar-refractivity contribution < 1.29 is 21.6 Å². The monoisotopic (exact) mass is 533 g/mol. The molecule has 3 rings (SSSR count). The summed E-state index contributed by atoms with van der Waals surface area (Å²) in [7, 11) is -5.54. The third-order valence-electron chi connectivity index (χ3n) is 4.73. The summed E-state index contributed by atoms with van der Waals surface area (Å²) in [5.74, 6) is 0.629. The van der Waals surface area contributed by atoms with Gasteiger partial charge in [-0.2, -0.15) is 21.6 Å². The van der Waals surface area contributed by atoms with Gasteiger partial charge in [0.1, 0.15) is 10.7 Å². The molecular formula is C21H23ClF3N5O2S2. The summed E-state index contributed by atoms with van der Waals surface area (Å²) in [6.45, 7) is 5.92. The van der Waals surface area contributed by atoms with E-state index in [1.165, 1.54) is 28.2 Å². The predicted octanol–water partition coefficient (Wildman–Crippen LogP) is 6.20. The van der Waals surface area contributed by atoms with Crippen molar-refractivity contribution in [1.29, 1.82) is 0 Å². The van der Waals surface area contributed by atoms with Gasteiger partial charge < -0.3 is 4.90 Å². The number of nitrogens with one attached hydrogen (secondary N) is 1. The molecule has 1 N–H and O–H groups in total. The first-order valence-corrected chi connectivity index (χ1v) is 13.2. The number of aromatic nitrogens is 3. The van der Waals surface area contributed by atoms with E-state index in [2.05, 4.69) is 33.7 Å². The zero-order valence-electron chi connectivity index (χ0n) is 18.4. The van der Waals surface area contributed by atoms with Crippen molar-refractivity contribution in [2.45, 2.75) is 38.6 Å². The number of sulfonamides is 1. The van der Waals surface area contributed by atoms with E-state index in [1.807, 2.05) is 0 Å². The summed E-state index contributed by atoms with van der Waals surface area (Å²) in [6, 6.07) is 5.47. The highest BCUT2D eigenvalue weighted by atomic mass is 35.5. The highest BCUT2D eigenvalue weighted by Crippen LogP contribution is 2.35. The summed E-state index contributed by atoms with van der Waals surface area (Å²) in [4.78, 5) is 15.8. The fourth-order valence-corrected chi connectivity index (χ4v) is 4.68. The molecule has 0 aliphatic rings. The number of anilines is 2. The van der Waals surface area contributed by atoms with E-state index in [9.17, 15) is 21.6 Å². The Labute approximate surface area is 205 Å². The van der Waals surface area contributed by atoms with Crippen LogP contribution in [0.15, 0.2) is 35.8 Å². The molecule has 0 bridgehead atoms. The summed E-state index contributed by atoms with van der Waals surface area (Å²) < 4.78 is 61.9. The van der Waals surface area contributed by atoms with Gasteiger partial charge in [0, 0.05) is 30.2 Å². The lowest BCUT2D eigenvalue weighted by atomic mass is 10.1. The van der Waals surface area contributed by atoms with E-state index in [-0.39, 0.29) is 10.7 Å². The van der Waals surface area contributed by atoms with Crippen molar-refractivity contribution in [2.75, 3.05) is 22.7 Å². The fraction of sp³-hybridized carbons (Fsp3) is 0.381. The quantitative estimate of drug-likeness (QED) is 0.334. The molecule has 0 aliphatic heterocycles. The van der Waals surface area contributed by atoms with Crippen LogP contribution in [-0.4, -0.2) is 42.0 Å². The minimum Gasteiger partial charge on any atom is -0.341 e. The molecule has 0 aliphatic carbocycles. The van der Waals surface area contributed by atoms with Crippen LogP contribution in [0.3, 0.4) is 0 Å². The molecule has 2 aromatic heterocycles. The molecule has 0 saturated carbocycles. The predicted molar refractivity (Wildman–Crippen MR) is 130 cm³/mol. The van der Waals surface area contributed by atoms with Gasteiger partial charge in [0.15, 0.2) is 0 Å². The van der Waals surface area contributed by atoms with Crippen molar-refractivity contribution in [2.24, 2.45) is 0 Å². The van der Waals surface area contributed by atoms with Crippen molar-refractivity contribution in [3.8, 4) is 22.0 Å². The van der Waals surface area contributed by atoms with Gasteiger partial charge in [0.2, 0.25) is 5.95 Å². The van der Waals surface area contributed by atoms with Gasteiger partial charge in [0.25, 0.3) is 0 Å². The van der Waals surface area contributed by atoms with Gasteiger partial charge in [-0.1, -0.05) is 31.9 Å². The lowest BCUT2D eigenvalue weighted by molar-refractivity contribution is -0.0429. The maximum absolute atomic E-state index is 12.6. The standard InChI is InChI=1S/C21H23ClF3N5O2S2/c1-3-5-11-30(10-4-2)20-26-9-8-17(28-20)19-27-18(13-33-19)15-7-6-14(12-16(15)22)29-34(31,32)21(23,24)25/h6-9,12-13,29H,3-5,10-11H2,1-2H3. The van der Waals surface area contributed by atoms with Crippen LogP contribution in [0.25, 0.3) is 22.0 Å². The Hall–Kier alpha value is -2.44. The van der Waals surface area contributed by atoms with E-state index in [0.717, 1.165) is 38.4 Å². The van der Waals surface area contributed by atoms with Gasteiger partial charge in [-0.25, -0.2) is 15.0 Å². The highest BCUT2D eigenvalue weighted by molar-refractivity contribution is 7.93. The minimum absolute atomic E-state index is 0.0521. The maximum atomic E-state index is 12.6. The van der Waals surface area contributed by atoms with Crippen LogP contribution in [0.2, 0.25) is 5.02 Å². The Morgan fingerprint density at radius 1 is 1.09 bits per heavy atom. The van der Waals surface area contributed by atoms with Gasteiger partial charge in [-0.05, 0) is 37.1 Å². The van der Waals surface area contributed by atoms with Crippen LogP contribution in [0.4, 0.5) is 24.8 Å². The zero-order valence-corrected chi connectivity index (χ0v) is 20.8. The molecular weight excluding hydrogens is 511 g/mol. The SMILES string of the molecule is CCCCN(CCC)c1nccc(-c2nc(-c3ccc(NS(=O)(=O)C(F)(F)F)cc3Cl)cs2)n1. The molecule has 0 radical (unpaired) electrons. The van der Waals surface area contributed by atoms with Gasteiger partial charge in [0.05, 0.1) is 16.4 Å². The van der Waals surface area contributed by atoms with Gasteiger partial charge in [-0.3, -0.25) is 4.72 Å². The Kier molecular flexibility index (Phi) is 8.37. The number of benzene rings is 1. The van der Waals surface area contributed by atoms with Crippen molar-refractivity contribution >= 4 is 44.6 Å². The normalized spacial score (nSPS) is 12.1. The van der Waals surface area contributed by atoms with Crippen LogP contribution in [-0.2, 0) is 10.0 Å². The lowest BCUT2D eigenvalue weighted by Gasteiger charge is -2.21. The zero-order chi connectivity index (χ0) is 24.9. The van der Waals surface area contributed by atoms with E-state index in [1.54, 1.807) is 17.6 Å². The molecule has 0 spiro atoms. The molecule has 34 heavy (non-hydrogen) atoms. The van der Waals surface area contributed by atoms with Crippen LogP contribution < -0.4 is 9.62 Å². The molecule has 184 valence electrons. The minimum atomic E-state index is -5.54. The Morgan fingerprint density at radius 2 is 1.85 bits per heavy atom. The lowest BCUT2D eigenvalue weighted by Crippen LogP contribution is -2.29. The summed E-state index contributed by atoms with van der Waals surface area (Å²) in [5, 5.41) is 2.43. The van der Waals surface area contributed by atoms with E-state index < -0.39 is 15.5 Å². The second-order valence-electron chi connectivity index (χ2n) is 7.37. The first-order valence-electron chi connectivity index (χ1n) is 10.5. The molecule has 7 nitrogen and oxygen atoms in total. The second kappa shape index (κ2) is 10.9. The van der Waals surface area contributed by atoms with Crippen molar-refractivity contribution in [3.63, 3.8) is 0 Å². The van der Waals surface area contributed by atoms with E-state index >= 15 is 0 Å². The van der Waals surface area contributed by atoms with Crippen LogP contribution in [0.1, 0.15) is 33.1 Å². The summed E-state index contributed by atoms with van der Waals surface area (Å²) in [6.07, 6.45) is 4.74. The van der Waals surface area contributed by atoms with Gasteiger partial charge in [-0.15, -0.1) is 11.3 Å². The molecule has 0 saturated heterocycles. The molecule has 0 unspecified atom stereocenters. The molecule has 0 fully saturated rings. The smallest absolute Gasteiger partial charge is 0.341 e. The van der Waals surface area contributed by atoms with E-state index in [0.29, 0.717) is 27.9 Å². The third kappa shape index (κ3) is 6.16. The maximum Gasteiger partial charge on any atom is 0.516 e. The third-order valence-corrected chi connectivity index (χ3v) is 7.02. The first-order chi connectivity index (χ1) is 16.1. The van der Waals surface area contributed by atoms with Crippen LogP contribution in [0, 0.1) is 0 Å². The number of halogens is 4. The van der Waals surface area contributed by atoms with Gasteiger partial charge >= 0.3 is 15.5 Å². The fourth-order valence-electron chi connectivity index (χ4n) is 3.06. The number of nitrogens with zero attached hydrogens (tertiary/aromatic N) is 4. The number of thiazole rings is 1. The van der Waals surface area contributed by atoms with Crippen LogP contribution in [0.5, 0.6) is 0 Å². The molecule has 0 amide bonds. The molecule has 1 aromatic carbocycles. The van der Waals surface area contributed by atoms with Crippen molar-refractivity contribution in [1.82, 2.24) is 15.0 Å². The molecule has 13 heteroatoms. The number of hydrogen-bond acceptors (Lipinski definition) is 7. The average Bonchev–Trinajstić information content (AvgIpc) is 3.26. The largest absolute Gasteiger partial charge is 0.516 e. The Balaban J connectivity index is 1.84. The molecule has 0 atom stereocenters. The van der Waals surface area contributed by atoms with E-state index in [4.69, 9.17) is 11.6 Å². The van der Waals surface area contributed by atoms with Crippen LogP contribution >= 0.6 is 22.9 Å². The second-order valence-corrected chi connectivity index (χ2v) is 10.3. The first kappa shape index (κ1) is 26.2. The number of rotatable bonds is 10. The number of alkyl halides is 3. The highest BCUT2D eigenvalue weighted by Gasteiger charge is 2.46. The molecule has 3 aromatic rings. The summed E-state index contributed by atoms with van der Waals surface area (Å²) >= 11 is 7.57. The number of hydrogen-bond donors (Lipinski definition) is 1. The summed E-state index contributed by atoms with van der Waals surface area (Å²) in [5.41, 5.74) is -4.15. The number of unbranched alkanes of at least 4 members (excludes halogenated alkanes) is 1. The topological polar surface area (TPSA) is 88.1 Å². The Bertz CT molecular complexity index is 1240. The Morgan fingerprint density at radius 3 is 2.50 bits per heavy atom. The molecule has 2 heterocycles. The average molecular weight is 534 g/mol.